The Balaban J connectivity index is 1.57. The molecule has 2 rings (SSSR count). The normalized spacial score (nSPS) is 9.96. The van der Waals surface area contributed by atoms with E-state index >= 15 is 0 Å². The van der Waals surface area contributed by atoms with Gasteiger partial charge in [-0.1, -0.05) is 48.5 Å². The largest absolute Gasteiger partial charge is 0.354 e. The van der Waals surface area contributed by atoms with Gasteiger partial charge in [-0.15, -0.1) is 0 Å². The van der Waals surface area contributed by atoms with Crippen LogP contribution in [0, 0.1) is 11.3 Å². The van der Waals surface area contributed by atoms with Crippen molar-refractivity contribution in [2.75, 3.05) is 18.8 Å². The summed E-state index contributed by atoms with van der Waals surface area (Å²) in [4.78, 5) is 23.5. The topological polar surface area (TPSA) is 82.0 Å². The van der Waals surface area contributed by atoms with E-state index in [0.29, 0.717) is 12.1 Å². The van der Waals surface area contributed by atoms with Crippen molar-refractivity contribution in [1.82, 2.24) is 10.6 Å². The molecule has 2 amide bonds. The third kappa shape index (κ3) is 6.99. The molecule has 0 fully saturated rings. The molecule has 2 aromatic rings. The van der Waals surface area contributed by atoms with E-state index in [1.54, 1.807) is 17.8 Å². The predicted octanol–water partition coefficient (Wildman–Crippen LogP) is 2.27. The second-order valence-corrected chi connectivity index (χ2v) is 6.72. The summed E-state index contributed by atoms with van der Waals surface area (Å²) in [6.07, 6.45) is 0.266. The number of rotatable bonds is 9. The van der Waals surface area contributed by atoms with Gasteiger partial charge in [-0.05, 0) is 17.2 Å². The van der Waals surface area contributed by atoms with Gasteiger partial charge in [0.25, 0.3) is 0 Å². The van der Waals surface area contributed by atoms with Gasteiger partial charge in [-0.25, -0.2) is 0 Å². The van der Waals surface area contributed by atoms with E-state index in [2.05, 4.69) is 16.7 Å². The van der Waals surface area contributed by atoms with Crippen LogP contribution >= 0.6 is 11.8 Å². The molecule has 0 aliphatic rings. The van der Waals surface area contributed by atoms with Crippen molar-refractivity contribution in [2.45, 2.75) is 12.2 Å². The molecule has 26 heavy (non-hydrogen) atoms. The monoisotopic (exact) mass is 367 g/mol. The number of thioether (sulfide) groups is 1. The van der Waals surface area contributed by atoms with Gasteiger partial charge in [0, 0.05) is 18.1 Å². The van der Waals surface area contributed by atoms with E-state index in [0.717, 1.165) is 22.6 Å². The minimum Gasteiger partial charge on any atom is -0.354 e. The van der Waals surface area contributed by atoms with Gasteiger partial charge in [-0.3, -0.25) is 9.59 Å². The maximum absolute atomic E-state index is 11.8. The first-order valence-electron chi connectivity index (χ1n) is 8.32. The number of nitrogens with one attached hydrogen (secondary N) is 2. The Kier molecular flexibility index (Phi) is 8.24. The summed E-state index contributed by atoms with van der Waals surface area (Å²) in [6, 6.07) is 19.1. The van der Waals surface area contributed by atoms with Crippen molar-refractivity contribution in [3.05, 3.63) is 71.3 Å². The molecular weight excluding hydrogens is 346 g/mol. The van der Waals surface area contributed by atoms with Crippen LogP contribution in [0.25, 0.3) is 0 Å². The summed E-state index contributed by atoms with van der Waals surface area (Å²) in [5.41, 5.74) is 2.60. The maximum atomic E-state index is 11.8. The molecule has 0 spiro atoms. The number of carbonyl (C=O) groups is 2. The first-order chi connectivity index (χ1) is 12.7. The number of carbonyl (C=O) groups excluding carboxylic acids is 2. The minimum absolute atomic E-state index is 0.0202. The third-order valence-electron chi connectivity index (χ3n) is 3.62. The van der Waals surface area contributed by atoms with Crippen LogP contribution in [0.2, 0.25) is 0 Å². The van der Waals surface area contributed by atoms with E-state index in [1.807, 2.05) is 48.5 Å². The average Bonchev–Trinajstić information content (AvgIpc) is 2.67. The van der Waals surface area contributed by atoms with Crippen molar-refractivity contribution in [1.29, 1.82) is 5.26 Å². The Hall–Kier alpha value is -2.78. The summed E-state index contributed by atoms with van der Waals surface area (Å²) < 4.78 is 0. The molecule has 134 valence electrons. The lowest BCUT2D eigenvalue weighted by Crippen LogP contribution is -2.38. The van der Waals surface area contributed by atoms with Crippen molar-refractivity contribution >= 4 is 23.6 Å². The van der Waals surface area contributed by atoms with E-state index in [9.17, 15) is 9.59 Å². The van der Waals surface area contributed by atoms with Gasteiger partial charge in [0.2, 0.25) is 11.8 Å². The van der Waals surface area contributed by atoms with Crippen LogP contribution in [-0.4, -0.2) is 30.7 Å². The molecule has 0 atom stereocenters. The molecule has 5 nitrogen and oxygen atoms in total. The van der Waals surface area contributed by atoms with E-state index in [1.165, 1.54) is 0 Å². The summed E-state index contributed by atoms with van der Waals surface area (Å²) in [5, 5.41) is 14.4. The number of hydrogen-bond donors (Lipinski definition) is 2. The first kappa shape index (κ1) is 19.5. The molecule has 6 heteroatoms. The number of hydrogen-bond acceptors (Lipinski definition) is 4. The highest BCUT2D eigenvalue weighted by Gasteiger charge is 2.06. The van der Waals surface area contributed by atoms with Crippen molar-refractivity contribution < 1.29 is 9.59 Å². The molecule has 0 saturated carbocycles. The van der Waals surface area contributed by atoms with Crippen molar-refractivity contribution in [3.8, 4) is 6.07 Å². The predicted molar refractivity (Wildman–Crippen MR) is 103 cm³/mol. The Bertz CT molecular complexity index is 772. The van der Waals surface area contributed by atoms with Crippen LogP contribution in [0.4, 0.5) is 0 Å². The van der Waals surface area contributed by atoms with Gasteiger partial charge in [0.05, 0.1) is 24.6 Å². The van der Waals surface area contributed by atoms with Crippen LogP contribution < -0.4 is 10.6 Å². The smallest absolute Gasteiger partial charge is 0.239 e. The molecule has 0 unspecified atom stereocenters. The lowest BCUT2D eigenvalue weighted by molar-refractivity contribution is -0.125. The average molecular weight is 367 g/mol. The molecule has 0 aromatic heterocycles. The van der Waals surface area contributed by atoms with Crippen molar-refractivity contribution in [2.24, 2.45) is 0 Å². The van der Waals surface area contributed by atoms with Crippen LogP contribution in [0.3, 0.4) is 0 Å². The zero-order valence-electron chi connectivity index (χ0n) is 14.4. The second-order valence-electron chi connectivity index (χ2n) is 5.61. The lowest BCUT2D eigenvalue weighted by Gasteiger charge is -2.07. The van der Waals surface area contributed by atoms with E-state index in [4.69, 9.17) is 5.26 Å². The van der Waals surface area contributed by atoms with Crippen LogP contribution in [0.1, 0.15) is 16.7 Å². The Morgan fingerprint density at radius 1 is 0.962 bits per heavy atom. The highest BCUT2D eigenvalue weighted by Crippen LogP contribution is 2.15. The number of nitrogens with zero attached hydrogens (tertiary/aromatic N) is 1. The van der Waals surface area contributed by atoms with Gasteiger partial charge in [0.1, 0.15) is 0 Å². The summed E-state index contributed by atoms with van der Waals surface area (Å²) >= 11 is 1.65. The van der Waals surface area contributed by atoms with Crippen LogP contribution in [0.5, 0.6) is 0 Å². The molecule has 0 heterocycles. The summed E-state index contributed by atoms with van der Waals surface area (Å²) in [6.45, 7) is 0.500. The fraction of sp³-hybridized carbons (Fsp3) is 0.250. The minimum atomic E-state index is -0.204. The SMILES string of the molecule is N#Cc1ccccc1CSCCNC(=O)CNC(=O)Cc1ccccc1. The summed E-state index contributed by atoms with van der Waals surface area (Å²) in [7, 11) is 0. The van der Waals surface area contributed by atoms with Gasteiger partial charge in [-0.2, -0.15) is 17.0 Å². The molecule has 2 aromatic carbocycles. The zero-order chi connectivity index (χ0) is 18.6. The molecule has 0 aliphatic carbocycles. The van der Waals surface area contributed by atoms with Gasteiger partial charge >= 0.3 is 0 Å². The Morgan fingerprint density at radius 2 is 1.69 bits per heavy atom. The Morgan fingerprint density at radius 3 is 2.46 bits per heavy atom. The number of benzene rings is 2. The molecular formula is C20H21N3O2S. The summed E-state index contributed by atoms with van der Waals surface area (Å²) in [5.74, 6) is 1.09. The highest BCUT2D eigenvalue weighted by molar-refractivity contribution is 7.98. The maximum Gasteiger partial charge on any atom is 0.239 e. The van der Waals surface area contributed by atoms with Gasteiger partial charge < -0.3 is 10.6 Å². The highest BCUT2D eigenvalue weighted by atomic mass is 32.2. The third-order valence-corrected chi connectivity index (χ3v) is 4.63. The fourth-order valence-electron chi connectivity index (χ4n) is 2.29. The number of nitriles is 1. The lowest BCUT2D eigenvalue weighted by atomic mass is 10.1. The number of amides is 2. The molecule has 0 radical (unpaired) electrons. The molecule has 0 saturated heterocycles. The van der Waals surface area contributed by atoms with Crippen LogP contribution in [-0.2, 0) is 21.8 Å². The molecule has 2 N–H and O–H groups in total. The van der Waals surface area contributed by atoms with Gasteiger partial charge in [0.15, 0.2) is 0 Å². The molecule has 0 aliphatic heterocycles. The van der Waals surface area contributed by atoms with E-state index in [-0.39, 0.29) is 24.8 Å². The second kappa shape index (κ2) is 11.0. The Labute approximate surface area is 157 Å². The zero-order valence-corrected chi connectivity index (χ0v) is 15.2. The standard InChI is InChI=1S/C20H21N3O2S/c21-13-17-8-4-5-9-18(17)15-26-11-10-22-20(25)14-23-19(24)12-16-6-2-1-3-7-16/h1-9H,10-12,14-15H2,(H,22,25)(H,23,24). The van der Waals surface area contributed by atoms with E-state index < -0.39 is 0 Å². The van der Waals surface area contributed by atoms with Crippen LogP contribution in [0.15, 0.2) is 54.6 Å². The first-order valence-corrected chi connectivity index (χ1v) is 9.47. The quantitative estimate of drug-likeness (QED) is 0.666. The fourth-order valence-corrected chi connectivity index (χ4v) is 3.15. The molecule has 0 bridgehead atoms. The van der Waals surface area contributed by atoms with Crippen molar-refractivity contribution in [3.63, 3.8) is 0 Å².